The van der Waals surface area contributed by atoms with Crippen LogP contribution in [0.4, 0.5) is 0 Å². The van der Waals surface area contributed by atoms with Gasteiger partial charge in [-0.05, 0) is 12.1 Å². The summed E-state index contributed by atoms with van der Waals surface area (Å²) < 4.78 is 8.62. The molecule has 0 aliphatic heterocycles. The monoisotopic (exact) mass is 687 g/mol. The van der Waals surface area contributed by atoms with Crippen molar-refractivity contribution in [3.63, 3.8) is 0 Å². The molecule has 0 aliphatic rings. The van der Waals surface area contributed by atoms with Crippen LogP contribution in [0.25, 0.3) is 71.7 Å². The molecule has 0 saturated heterocycles. The van der Waals surface area contributed by atoms with Crippen LogP contribution in [-0.4, -0.2) is 9.46 Å². The topological polar surface area (TPSA) is 38.3 Å². The molecule has 4 heteroatoms. The van der Waals surface area contributed by atoms with E-state index in [9.17, 15) is 4.89 Å². The maximum atomic E-state index is 12.6. The Bertz CT molecular complexity index is 2850. The molecule has 1 N–H and O–H groups in total. The Morgan fingerprint density at radius 2 is 0.942 bits per heavy atom. The SMILES string of the molecule is O[PH](c1ccccc1)(c1ccccc1)c1ccc(-n2c3ccc(-c4ccccc4)cc3c3cc(-c4cccc5oc6ccccc6c45)ccc32)cc1. The minimum atomic E-state index is -3.24. The third-order valence-corrected chi connectivity index (χ3v) is 14.0. The van der Waals surface area contributed by atoms with Crippen LogP contribution in [0.15, 0.2) is 199 Å². The van der Waals surface area contributed by atoms with E-state index < -0.39 is 7.49 Å². The molecule has 0 fully saturated rings. The third kappa shape index (κ3) is 4.82. The number of hydrogen-bond acceptors (Lipinski definition) is 2. The van der Waals surface area contributed by atoms with Gasteiger partial charge >= 0.3 is 257 Å². The summed E-state index contributed by atoms with van der Waals surface area (Å²) in [5, 5.41) is 7.50. The van der Waals surface area contributed by atoms with Crippen LogP contribution in [0.3, 0.4) is 0 Å². The molecule has 0 aliphatic carbocycles. The summed E-state index contributed by atoms with van der Waals surface area (Å²) in [5.74, 6) is 0. The van der Waals surface area contributed by atoms with Crippen molar-refractivity contribution < 1.29 is 9.31 Å². The quantitative estimate of drug-likeness (QED) is 0.177. The fourth-order valence-electron chi connectivity index (χ4n) is 8.00. The van der Waals surface area contributed by atoms with Crippen LogP contribution in [0, 0.1) is 0 Å². The molecular formula is C48H34NO2P. The van der Waals surface area contributed by atoms with E-state index in [0.29, 0.717) is 0 Å². The number of benzene rings is 8. The predicted octanol–water partition coefficient (Wildman–Crippen LogP) is 11.0. The van der Waals surface area contributed by atoms with Gasteiger partial charge in [-0.25, -0.2) is 0 Å². The molecule has 0 atom stereocenters. The number of nitrogens with zero attached hydrogens (tertiary/aromatic N) is 1. The first kappa shape index (κ1) is 30.6. The van der Waals surface area contributed by atoms with E-state index in [0.717, 1.165) is 65.7 Å². The molecule has 8 aromatic carbocycles. The van der Waals surface area contributed by atoms with Gasteiger partial charge in [0.1, 0.15) is 5.58 Å². The van der Waals surface area contributed by atoms with Gasteiger partial charge in [0.25, 0.3) is 0 Å². The van der Waals surface area contributed by atoms with Crippen molar-refractivity contribution in [3.8, 4) is 27.9 Å². The van der Waals surface area contributed by atoms with E-state index in [-0.39, 0.29) is 0 Å². The molecule has 0 bridgehead atoms. The normalized spacial score (nSPS) is 12.2. The number of para-hydroxylation sites is 1. The zero-order valence-corrected chi connectivity index (χ0v) is 29.3. The Hall–Kier alpha value is -6.25. The van der Waals surface area contributed by atoms with Gasteiger partial charge in [0.05, 0.1) is 0 Å². The molecule has 0 spiro atoms. The van der Waals surface area contributed by atoms with Gasteiger partial charge in [0.2, 0.25) is 0 Å². The molecule has 3 nitrogen and oxygen atoms in total. The fourth-order valence-corrected chi connectivity index (χ4v) is 11.0. The number of aromatic nitrogens is 1. The second-order valence-electron chi connectivity index (χ2n) is 13.4. The number of furan rings is 1. The Morgan fingerprint density at radius 3 is 1.62 bits per heavy atom. The average Bonchev–Trinajstić information content (AvgIpc) is 3.77. The molecule has 0 amide bonds. The Kier molecular flexibility index (Phi) is 7.18. The van der Waals surface area contributed by atoms with Crippen molar-refractivity contribution in [1.82, 2.24) is 4.57 Å². The van der Waals surface area contributed by atoms with Crippen LogP contribution in [0.1, 0.15) is 0 Å². The van der Waals surface area contributed by atoms with Crippen molar-refractivity contribution in [3.05, 3.63) is 194 Å². The zero-order valence-electron chi connectivity index (χ0n) is 28.3. The van der Waals surface area contributed by atoms with Crippen LogP contribution in [0.2, 0.25) is 0 Å². The first-order valence-corrected chi connectivity index (χ1v) is 19.6. The van der Waals surface area contributed by atoms with Gasteiger partial charge in [0.15, 0.2) is 0 Å². The van der Waals surface area contributed by atoms with Crippen molar-refractivity contribution in [2.24, 2.45) is 0 Å². The first-order valence-electron chi connectivity index (χ1n) is 17.7. The molecule has 2 heterocycles. The fraction of sp³-hybridized carbons (Fsp3) is 0. The Morgan fingerprint density at radius 1 is 0.404 bits per heavy atom. The van der Waals surface area contributed by atoms with Crippen molar-refractivity contribution in [2.75, 3.05) is 0 Å². The minimum absolute atomic E-state index is 0.891. The molecule has 0 saturated carbocycles. The zero-order chi connectivity index (χ0) is 34.6. The van der Waals surface area contributed by atoms with Gasteiger partial charge in [-0.15, -0.1) is 0 Å². The summed E-state index contributed by atoms with van der Waals surface area (Å²) in [4.78, 5) is 12.6. The van der Waals surface area contributed by atoms with Gasteiger partial charge in [-0.3, -0.25) is 0 Å². The van der Waals surface area contributed by atoms with Crippen molar-refractivity contribution in [1.29, 1.82) is 0 Å². The number of rotatable bonds is 6. The molecule has 0 unspecified atom stereocenters. The van der Waals surface area contributed by atoms with Crippen LogP contribution in [-0.2, 0) is 0 Å². The number of hydrogen-bond donors (Lipinski definition) is 1. The summed E-state index contributed by atoms with van der Waals surface area (Å²) in [7, 11) is -3.24. The third-order valence-electron chi connectivity index (χ3n) is 10.5. The van der Waals surface area contributed by atoms with Gasteiger partial charge in [0, 0.05) is 0 Å². The molecule has 2 aromatic heterocycles. The molecular weight excluding hydrogens is 654 g/mol. The predicted molar refractivity (Wildman–Crippen MR) is 221 cm³/mol. The Balaban J connectivity index is 1.18. The standard InChI is InChI=1S/C48H34NO2P/c50-52(37-15-6-2-7-16-37,38-17-8-3-9-18-38)39-27-25-36(26-28-39)49-44-29-23-34(33-13-4-1-5-14-33)31-42(44)43-32-35(24-30-45(43)49)40-20-12-22-47-48(40)41-19-10-11-21-46(41)51-47/h1-32,50,52H. The second kappa shape index (κ2) is 12.2. The van der Waals surface area contributed by atoms with Crippen LogP contribution in [0.5, 0.6) is 0 Å². The van der Waals surface area contributed by atoms with E-state index in [1.807, 2.05) is 48.5 Å². The Labute approximate surface area is 302 Å². The molecule has 10 aromatic rings. The molecule has 10 rings (SSSR count). The van der Waals surface area contributed by atoms with E-state index in [2.05, 4.69) is 150 Å². The van der Waals surface area contributed by atoms with Crippen LogP contribution >= 0.6 is 7.49 Å². The molecule has 0 radical (unpaired) electrons. The average molecular weight is 688 g/mol. The summed E-state index contributed by atoms with van der Waals surface area (Å²) in [5.41, 5.74) is 9.75. The summed E-state index contributed by atoms with van der Waals surface area (Å²) in [6.45, 7) is 0. The van der Waals surface area contributed by atoms with Crippen LogP contribution < -0.4 is 15.9 Å². The maximum absolute atomic E-state index is 12.6. The van der Waals surface area contributed by atoms with E-state index in [1.54, 1.807) is 0 Å². The molecule has 248 valence electrons. The van der Waals surface area contributed by atoms with Gasteiger partial charge in [-0.2, -0.15) is 0 Å². The van der Waals surface area contributed by atoms with Crippen molar-refractivity contribution >= 4 is 67.1 Å². The summed E-state index contributed by atoms with van der Waals surface area (Å²) >= 11 is 0. The van der Waals surface area contributed by atoms with E-state index >= 15 is 0 Å². The first-order chi connectivity index (χ1) is 25.7. The van der Waals surface area contributed by atoms with E-state index in [4.69, 9.17) is 4.42 Å². The van der Waals surface area contributed by atoms with Gasteiger partial charge in [-0.1, -0.05) is 24.3 Å². The van der Waals surface area contributed by atoms with Gasteiger partial charge < -0.3 is 4.42 Å². The number of fused-ring (bicyclic) bond motifs is 6. The van der Waals surface area contributed by atoms with E-state index in [1.165, 1.54) is 21.9 Å². The molecule has 52 heavy (non-hydrogen) atoms. The van der Waals surface area contributed by atoms with Crippen molar-refractivity contribution in [2.45, 2.75) is 0 Å². The second-order valence-corrected chi connectivity index (χ2v) is 16.6. The summed E-state index contributed by atoms with van der Waals surface area (Å²) in [6, 6.07) is 67.6. The summed E-state index contributed by atoms with van der Waals surface area (Å²) in [6.07, 6.45) is 0.